The number of carbonyl (C=O) groups is 1. The SMILES string of the molecule is CNc1cc(-c2cnc3n([C@@H]4CCOC[C@H]4OC)cccc2-3)nc2c(C(=O)NC3CCC3F)cnn12. The van der Waals surface area contributed by atoms with Gasteiger partial charge in [-0.3, -0.25) is 4.79 Å². The third-order valence-electron chi connectivity index (χ3n) is 7.29. The van der Waals surface area contributed by atoms with Crippen LogP contribution in [0.5, 0.6) is 0 Å². The van der Waals surface area contributed by atoms with Gasteiger partial charge < -0.3 is 24.7 Å². The topological polar surface area (TPSA) is 108 Å². The second-order valence-electron chi connectivity index (χ2n) is 9.27. The highest BCUT2D eigenvalue weighted by Crippen LogP contribution is 2.37. The lowest BCUT2D eigenvalue weighted by atomic mass is 9.90. The van der Waals surface area contributed by atoms with Crippen LogP contribution in [0.25, 0.3) is 28.3 Å². The van der Waals surface area contributed by atoms with Crippen LogP contribution in [0.1, 0.15) is 35.7 Å². The van der Waals surface area contributed by atoms with Crippen LogP contribution in [0.4, 0.5) is 10.2 Å². The maximum atomic E-state index is 13.7. The number of methoxy groups -OCH3 is 1. The van der Waals surface area contributed by atoms with Crippen LogP contribution < -0.4 is 10.6 Å². The Hall–Kier alpha value is -3.57. The Balaban J connectivity index is 1.39. The molecule has 11 heteroatoms. The largest absolute Gasteiger partial charge is 0.379 e. The summed E-state index contributed by atoms with van der Waals surface area (Å²) in [4.78, 5) is 22.5. The molecular weight excluding hydrogens is 465 g/mol. The number of halogens is 1. The lowest BCUT2D eigenvalue weighted by Crippen LogP contribution is -2.48. The van der Waals surface area contributed by atoms with E-state index in [1.54, 1.807) is 24.9 Å². The number of nitrogens with one attached hydrogen (secondary N) is 2. The molecule has 1 saturated carbocycles. The summed E-state index contributed by atoms with van der Waals surface area (Å²) in [5.41, 5.74) is 3.14. The molecule has 6 rings (SSSR count). The molecular formula is C25H28FN7O3. The quantitative estimate of drug-likeness (QED) is 0.425. The van der Waals surface area contributed by atoms with Crippen LogP contribution in [0.15, 0.2) is 36.8 Å². The van der Waals surface area contributed by atoms with Crippen molar-refractivity contribution in [2.75, 3.05) is 32.7 Å². The molecule has 0 aromatic carbocycles. The molecule has 10 nitrogen and oxygen atoms in total. The second-order valence-corrected chi connectivity index (χ2v) is 9.27. The van der Waals surface area contributed by atoms with E-state index in [9.17, 15) is 9.18 Å². The third-order valence-corrected chi connectivity index (χ3v) is 7.29. The standard InChI is InChI=1S/C25H28FN7O3/c1-27-22-10-19(30-24-16(12-29-33(22)24)25(34)31-18-6-5-17(18)26)15-11-28-23-14(15)4-3-8-32(23)20-7-9-36-13-21(20)35-2/h3-4,8,10-12,17-18,20-21,27H,5-7,9,13H2,1-2H3,(H,31,34)/t17?,18?,20-,21-/m1/s1. The lowest BCUT2D eigenvalue weighted by Gasteiger charge is -2.33. The molecule has 36 heavy (non-hydrogen) atoms. The third kappa shape index (κ3) is 3.70. The van der Waals surface area contributed by atoms with Gasteiger partial charge in [-0.25, -0.2) is 14.4 Å². The maximum Gasteiger partial charge on any atom is 0.257 e. The number of rotatable bonds is 6. The van der Waals surface area contributed by atoms with Gasteiger partial charge in [0.2, 0.25) is 0 Å². The van der Waals surface area contributed by atoms with Crippen LogP contribution in [0, 0.1) is 0 Å². The van der Waals surface area contributed by atoms with Gasteiger partial charge in [0.05, 0.1) is 30.6 Å². The number of aromatic nitrogens is 5. The number of hydrogen-bond donors (Lipinski definition) is 2. The van der Waals surface area contributed by atoms with Crippen molar-refractivity contribution < 1.29 is 18.7 Å². The van der Waals surface area contributed by atoms with E-state index in [1.807, 2.05) is 24.4 Å². The Kier molecular flexibility index (Phi) is 5.81. The normalized spacial score (nSPS) is 24.1. The predicted molar refractivity (Wildman–Crippen MR) is 131 cm³/mol. The molecule has 4 aliphatic rings. The summed E-state index contributed by atoms with van der Waals surface area (Å²) in [6, 6.07) is 5.54. The molecule has 2 unspecified atom stereocenters. The van der Waals surface area contributed by atoms with E-state index in [4.69, 9.17) is 19.4 Å². The van der Waals surface area contributed by atoms with Gasteiger partial charge >= 0.3 is 0 Å². The van der Waals surface area contributed by atoms with E-state index in [0.717, 1.165) is 23.4 Å². The lowest BCUT2D eigenvalue weighted by molar-refractivity contribution is -0.0600. The number of pyridine rings is 1. The Bertz CT molecular complexity index is 1390. The van der Waals surface area contributed by atoms with E-state index < -0.39 is 12.2 Å². The van der Waals surface area contributed by atoms with Crippen molar-refractivity contribution in [1.82, 2.24) is 29.5 Å². The van der Waals surface area contributed by atoms with Gasteiger partial charge in [0.25, 0.3) is 5.91 Å². The summed E-state index contributed by atoms with van der Waals surface area (Å²) in [6.07, 6.45) is 6.17. The molecule has 2 N–H and O–H groups in total. The van der Waals surface area contributed by atoms with Crippen molar-refractivity contribution in [3.63, 3.8) is 0 Å². The first kappa shape index (κ1) is 22.9. The average molecular weight is 494 g/mol. The first-order chi connectivity index (χ1) is 17.6. The molecule has 188 valence electrons. The van der Waals surface area contributed by atoms with Gasteiger partial charge in [-0.05, 0) is 31.4 Å². The molecule has 2 fully saturated rings. The number of fused-ring (bicyclic) bond motifs is 2. The smallest absolute Gasteiger partial charge is 0.257 e. The van der Waals surface area contributed by atoms with Crippen molar-refractivity contribution in [2.24, 2.45) is 0 Å². The molecule has 3 aliphatic heterocycles. The summed E-state index contributed by atoms with van der Waals surface area (Å²) in [6.45, 7) is 1.21. The number of hydrogen-bond acceptors (Lipinski definition) is 7. The van der Waals surface area contributed by atoms with Crippen molar-refractivity contribution >= 4 is 17.4 Å². The maximum absolute atomic E-state index is 13.7. The van der Waals surface area contributed by atoms with Gasteiger partial charge in [-0.2, -0.15) is 9.61 Å². The average Bonchev–Trinajstić information content (AvgIpc) is 3.54. The fraction of sp³-hybridized carbons (Fsp3) is 0.440. The van der Waals surface area contributed by atoms with Crippen LogP contribution in [-0.2, 0) is 9.47 Å². The molecule has 1 amide bonds. The van der Waals surface area contributed by atoms with Crippen LogP contribution >= 0.6 is 0 Å². The number of amides is 1. The van der Waals surface area contributed by atoms with Crippen molar-refractivity contribution in [3.05, 3.63) is 42.4 Å². The fourth-order valence-electron chi connectivity index (χ4n) is 5.08. The molecule has 0 radical (unpaired) electrons. The number of alkyl halides is 1. The van der Waals surface area contributed by atoms with Crippen molar-refractivity contribution in [3.8, 4) is 22.6 Å². The number of ether oxygens (including phenoxy) is 2. The molecule has 4 atom stereocenters. The van der Waals surface area contributed by atoms with Gasteiger partial charge in [0.1, 0.15) is 29.5 Å². The van der Waals surface area contributed by atoms with Gasteiger partial charge in [-0.1, -0.05) is 0 Å². The number of nitrogens with zero attached hydrogens (tertiary/aromatic N) is 5. The van der Waals surface area contributed by atoms with Gasteiger partial charge in [0.15, 0.2) is 5.65 Å². The Morgan fingerprint density at radius 2 is 2.14 bits per heavy atom. The summed E-state index contributed by atoms with van der Waals surface area (Å²) < 4.78 is 28.8. The zero-order valence-electron chi connectivity index (χ0n) is 20.1. The highest BCUT2D eigenvalue weighted by atomic mass is 19.1. The van der Waals surface area contributed by atoms with Crippen LogP contribution in [0.2, 0.25) is 0 Å². The Morgan fingerprint density at radius 3 is 2.89 bits per heavy atom. The monoisotopic (exact) mass is 493 g/mol. The minimum atomic E-state index is -1.01. The van der Waals surface area contributed by atoms with E-state index in [0.29, 0.717) is 48.8 Å². The van der Waals surface area contributed by atoms with Gasteiger partial charge in [-0.15, -0.1) is 0 Å². The summed E-state index contributed by atoms with van der Waals surface area (Å²) >= 11 is 0. The highest BCUT2D eigenvalue weighted by Gasteiger charge is 2.33. The molecule has 0 bridgehead atoms. The Labute approximate surface area is 207 Å². The first-order valence-electron chi connectivity index (χ1n) is 12.2. The van der Waals surface area contributed by atoms with E-state index in [1.165, 1.54) is 6.20 Å². The number of anilines is 1. The molecule has 5 heterocycles. The second kappa shape index (κ2) is 9.14. The molecule has 1 saturated heterocycles. The minimum absolute atomic E-state index is 0.0627. The van der Waals surface area contributed by atoms with Crippen molar-refractivity contribution in [2.45, 2.75) is 43.6 Å². The van der Waals surface area contributed by atoms with E-state index in [2.05, 4.69) is 20.3 Å². The Morgan fingerprint density at radius 1 is 1.25 bits per heavy atom. The van der Waals surface area contributed by atoms with Crippen LogP contribution in [-0.4, -0.2) is 75.7 Å². The van der Waals surface area contributed by atoms with E-state index >= 15 is 0 Å². The van der Waals surface area contributed by atoms with Gasteiger partial charge in [0, 0.05) is 50.4 Å². The molecule has 2 aromatic heterocycles. The first-order valence-corrected chi connectivity index (χ1v) is 12.2. The van der Waals surface area contributed by atoms with E-state index in [-0.39, 0.29) is 18.1 Å². The molecule has 2 aromatic rings. The fourth-order valence-corrected chi connectivity index (χ4v) is 5.08. The minimum Gasteiger partial charge on any atom is -0.379 e. The summed E-state index contributed by atoms with van der Waals surface area (Å²) in [7, 11) is 3.49. The summed E-state index contributed by atoms with van der Waals surface area (Å²) in [5.74, 6) is 1.13. The molecule has 0 spiro atoms. The zero-order valence-corrected chi connectivity index (χ0v) is 20.1. The highest BCUT2D eigenvalue weighted by molar-refractivity contribution is 6.00. The summed E-state index contributed by atoms with van der Waals surface area (Å²) in [5, 5.41) is 10.3. The van der Waals surface area contributed by atoms with Crippen molar-refractivity contribution in [1.29, 1.82) is 0 Å². The predicted octanol–water partition coefficient (Wildman–Crippen LogP) is 2.95. The molecule has 1 aliphatic carbocycles. The van der Waals surface area contributed by atoms with Crippen LogP contribution in [0.3, 0.4) is 0 Å². The zero-order chi connectivity index (χ0) is 24.8. The number of carbonyl (C=O) groups excluding carboxylic acids is 1.